The van der Waals surface area contributed by atoms with Gasteiger partial charge in [-0.3, -0.25) is 4.79 Å². The van der Waals surface area contributed by atoms with Crippen molar-refractivity contribution in [2.24, 2.45) is 0 Å². The molecule has 0 aliphatic carbocycles. The smallest absolute Gasteiger partial charge is 0.289 e. The molecule has 0 amide bonds. The maximum Gasteiger partial charge on any atom is 1.00 e. The van der Waals surface area contributed by atoms with Crippen LogP contribution in [0, 0.1) is 0 Å². The van der Waals surface area contributed by atoms with Gasteiger partial charge in [0.15, 0.2) is 5.52 Å². The third-order valence-electron chi connectivity index (χ3n) is 2.93. The molecule has 0 bridgehead atoms. The largest absolute Gasteiger partial charge is 1.00 e. The van der Waals surface area contributed by atoms with Crippen LogP contribution in [0.1, 0.15) is 21.5 Å². The Morgan fingerprint density at radius 2 is 1.21 bits per heavy atom. The molecule has 0 aliphatic rings. The van der Waals surface area contributed by atoms with Crippen molar-refractivity contribution in [3.63, 3.8) is 0 Å². The van der Waals surface area contributed by atoms with Gasteiger partial charge in [0.2, 0.25) is 0 Å². The second-order valence-electron chi connectivity index (χ2n) is 4.54. The molecule has 122 valence electrons. The summed E-state index contributed by atoms with van der Waals surface area (Å²) in [7, 11) is -0.832. The predicted octanol–water partition coefficient (Wildman–Crippen LogP) is 1.87. The minimum atomic E-state index is -5.05. The van der Waals surface area contributed by atoms with E-state index in [0.717, 1.165) is 0 Å². The van der Waals surface area contributed by atoms with Crippen molar-refractivity contribution in [3.05, 3.63) is 65.2 Å². The fraction of sp³-hybridized carbons (Fsp3) is 0.133. The topological polar surface area (TPSA) is 17.1 Å². The summed E-state index contributed by atoms with van der Waals surface area (Å²) in [6, 6.07) is 9.29. The summed E-state index contributed by atoms with van der Waals surface area (Å²) in [5, 5.41) is 0.364. The Bertz CT molecular complexity index is 680. The zero-order valence-electron chi connectivity index (χ0n) is 12.3. The summed E-state index contributed by atoms with van der Waals surface area (Å²) in [6.45, 7) is 0. The average Bonchev–Trinajstić information content (AvgIpc) is 2.45. The molecule has 2 aromatic rings. The number of halogens is 6. The van der Waals surface area contributed by atoms with Crippen LogP contribution in [0.4, 0.5) is 26.3 Å². The molecule has 24 heavy (non-hydrogen) atoms. The van der Waals surface area contributed by atoms with E-state index in [1.807, 2.05) is 0 Å². The molecule has 0 saturated heterocycles. The molecule has 1 atom stereocenters. The molecular weight excluding hydrogens is 348 g/mol. The summed E-state index contributed by atoms with van der Waals surface area (Å²) >= 11 is 0. The van der Waals surface area contributed by atoms with Gasteiger partial charge in [-0.2, -0.15) is 26.3 Å². The number of alkyl halides is 6. The summed E-state index contributed by atoms with van der Waals surface area (Å²) in [5.74, 6) is 0. The van der Waals surface area contributed by atoms with Crippen LogP contribution in [0.2, 0.25) is 0 Å². The second-order valence-corrected chi connectivity index (χ2v) is 5.83. The van der Waals surface area contributed by atoms with Crippen molar-refractivity contribution in [1.29, 1.82) is 0 Å². The van der Waals surface area contributed by atoms with Crippen molar-refractivity contribution in [3.8, 4) is 0 Å². The van der Waals surface area contributed by atoms with E-state index in [-0.39, 0.29) is 18.9 Å². The number of carbonyl (C=O) groups excluding carboxylic acids is 1. The van der Waals surface area contributed by atoms with E-state index in [0.29, 0.717) is 23.5 Å². The molecule has 0 saturated carbocycles. The average molecular weight is 357 g/mol. The van der Waals surface area contributed by atoms with Crippen LogP contribution < -0.4 is 24.2 Å². The Hall–Kier alpha value is -1.28. The number of hydrogen-bond acceptors (Lipinski definition) is 1. The molecular formula is C15H9F6LiOP+. The second kappa shape index (κ2) is 7.73. The van der Waals surface area contributed by atoms with Crippen LogP contribution in [0.5, 0.6) is 0 Å². The molecule has 9 heteroatoms. The summed E-state index contributed by atoms with van der Waals surface area (Å²) in [6.07, 6.45) is -10.1. The molecule has 0 radical (unpaired) electrons. The summed E-state index contributed by atoms with van der Waals surface area (Å²) in [4.78, 5) is 12.2. The van der Waals surface area contributed by atoms with Gasteiger partial charge in [-0.1, -0.05) is 36.4 Å². The first-order valence-electron chi connectivity index (χ1n) is 6.24. The monoisotopic (exact) mass is 357 g/mol. The SMILES string of the molecule is O=C(Pc1ccccc1)c1c(C(F)(F)F)cccc1C(F)(F)F.[Li+]. The molecule has 0 spiro atoms. The Balaban J connectivity index is 0.00000288. The maximum absolute atomic E-state index is 13.0. The van der Waals surface area contributed by atoms with Crippen molar-refractivity contribution >= 4 is 19.4 Å². The zero-order valence-corrected chi connectivity index (χ0v) is 13.3. The van der Waals surface area contributed by atoms with Gasteiger partial charge in [-0.15, -0.1) is 0 Å². The van der Waals surface area contributed by atoms with E-state index in [9.17, 15) is 31.1 Å². The van der Waals surface area contributed by atoms with E-state index >= 15 is 0 Å². The summed E-state index contributed by atoms with van der Waals surface area (Å²) in [5.41, 5.74) is -5.66. The molecule has 0 heterocycles. The van der Waals surface area contributed by atoms with Gasteiger partial charge in [0.25, 0.3) is 0 Å². The quantitative estimate of drug-likeness (QED) is 0.466. The van der Waals surface area contributed by atoms with Crippen molar-refractivity contribution < 1.29 is 50.0 Å². The Labute approximate surface area is 147 Å². The van der Waals surface area contributed by atoms with E-state index < -0.39 is 43.1 Å². The summed E-state index contributed by atoms with van der Waals surface area (Å²) < 4.78 is 78.0. The molecule has 2 rings (SSSR count). The van der Waals surface area contributed by atoms with Gasteiger partial charge in [0.05, 0.1) is 11.1 Å². The Morgan fingerprint density at radius 1 is 0.750 bits per heavy atom. The van der Waals surface area contributed by atoms with Crippen molar-refractivity contribution in [2.45, 2.75) is 12.4 Å². The van der Waals surface area contributed by atoms with E-state index in [1.54, 1.807) is 18.2 Å². The zero-order chi connectivity index (χ0) is 17.3. The van der Waals surface area contributed by atoms with Gasteiger partial charge in [0.1, 0.15) is 0 Å². The van der Waals surface area contributed by atoms with Crippen molar-refractivity contribution in [2.75, 3.05) is 0 Å². The molecule has 0 N–H and O–H groups in total. The normalized spacial score (nSPS) is 12.2. The molecule has 1 unspecified atom stereocenters. The van der Waals surface area contributed by atoms with Gasteiger partial charge < -0.3 is 0 Å². The first kappa shape index (κ1) is 20.8. The maximum atomic E-state index is 13.0. The van der Waals surface area contributed by atoms with E-state index in [4.69, 9.17) is 0 Å². The van der Waals surface area contributed by atoms with Crippen LogP contribution in [0.15, 0.2) is 48.5 Å². The minimum absolute atomic E-state index is 0. The molecule has 0 aliphatic heterocycles. The predicted molar refractivity (Wildman–Crippen MR) is 75.2 cm³/mol. The number of carbonyl (C=O) groups is 1. The fourth-order valence-corrected chi connectivity index (χ4v) is 3.00. The number of benzene rings is 2. The van der Waals surface area contributed by atoms with Crippen molar-refractivity contribution in [1.82, 2.24) is 0 Å². The van der Waals surface area contributed by atoms with Crippen LogP contribution in [0.25, 0.3) is 0 Å². The first-order valence-corrected chi connectivity index (χ1v) is 7.24. The molecule has 1 nitrogen and oxygen atoms in total. The van der Waals surface area contributed by atoms with E-state index in [1.165, 1.54) is 12.1 Å². The number of rotatable bonds is 3. The third-order valence-corrected chi connectivity index (χ3v) is 4.03. The number of hydrogen-bond donors (Lipinski definition) is 0. The third kappa shape index (κ3) is 4.86. The minimum Gasteiger partial charge on any atom is -0.289 e. The van der Waals surface area contributed by atoms with Gasteiger partial charge >= 0.3 is 31.2 Å². The fourth-order valence-electron chi connectivity index (χ4n) is 1.98. The molecule has 2 aromatic carbocycles. The van der Waals surface area contributed by atoms with Crippen LogP contribution in [-0.2, 0) is 12.4 Å². The van der Waals surface area contributed by atoms with Crippen LogP contribution in [0.3, 0.4) is 0 Å². The molecule has 0 aromatic heterocycles. The first-order chi connectivity index (χ1) is 10.6. The van der Waals surface area contributed by atoms with Gasteiger partial charge in [-0.05, 0) is 26.0 Å². The van der Waals surface area contributed by atoms with Crippen LogP contribution in [-0.4, -0.2) is 5.52 Å². The van der Waals surface area contributed by atoms with E-state index in [2.05, 4.69) is 0 Å². The standard InChI is InChI=1S/C15H9F6OP.Li/c16-14(17,18)10-7-4-8-11(15(19,20)21)12(10)13(22)23-9-5-2-1-3-6-9;/h1-8,23H;/q;+1. The van der Waals surface area contributed by atoms with Crippen LogP contribution >= 0.6 is 8.58 Å². The Morgan fingerprint density at radius 3 is 1.62 bits per heavy atom. The van der Waals surface area contributed by atoms with Gasteiger partial charge in [-0.25, -0.2) is 0 Å². The Kier molecular flexibility index (Phi) is 6.69. The van der Waals surface area contributed by atoms with Gasteiger partial charge in [0, 0.05) is 5.56 Å². The molecule has 0 fully saturated rings.